The molecule has 0 bridgehead atoms. The first-order valence-corrected chi connectivity index (χ1v) is 7.81. The molecule has 1 nitrogen and oxygen atoms in total. The van der Waals surface area contributed by atoms with Gasteiger partial charge in [-0.25, -0.2) is 0 Å². The maximum Gasteiger partial charge on any atom is -0.00461 e. The molecule has 0 amide bonds. The normalized spacial score (nSPS) is 48.0. The summed E-state index contributed by atoms with van der Waals surface area (Å²) in [7, 11) is 0. The number of hydrogen-bond acceptors (Lipinski definition) is 1. The topological polar surface area (TPSA) is 26.0 Å². The van der Waals surface area contributed by atoms with Crippen molar-refractivity contribution in [2.24, 2.45) is 41.2 Å². The molecule has 0 saturated heterocycles. The van der Waals surface area contributed by atoms with Crippen molar-refractivity contribution in [1.82, 2.24) is 0 Å². The van der Waals surface area contributed by atoms with E-state index in [2.05, 4.69) is 20.8 Å². The third kappa shape index (κ3) is 3.05. The Morgan fingerprint density at radius 2 is 1.65 bits per heavy atom. The standard InChI is InChI=1S/C16H31N/c1-11-4-6-15(10-17)16(8-11)14-7-5-12(2)13(3)9-14/h11-16H,4-10,17H2,1-3H3. The van der Waals surface area contributed by atoms with Crippen molar-refractivity contribution in [2.75, 3.05) is 6.54 Å². The molecule has 0 aromatic rings. The smallest absolute Gasteiger partial charge is 0.00461 e. The van der Waals surface area contributed by atoms with Crippen molar-refractivity contribution in [3.63, 3.8) is 0 Å². The van der Waals surface area contributed by atoms with E-state index in [4.69, 9.17) is 5.73 Å². The quantitative estimate of drug-likeness (QED) is 0.770. The van der Waals surface area contributed by atoms with E-state index in [1.807, 2.05) is 0 Å². The van der Waals surface area contributed by atoms with Gasteiger partial charge < -0.3 is 5.73 Å². The number of hydrogen-bond donors (Lipinski definition) is 1. The molecule has 2 saturated carbocycles. The Balaban J connectivity index is 1.98. The van der Waals surface area contributed by atoms with Crippen LogP contribution in [0.25, 0.3) is 0 Å². The van der Waals surface area contributed by atoms with Crippen LogP contribution in [0, 0.1) is 35.5 Å². The molecule has 2 N–H and O–H groups in total. The summed E-state index contributed by atoms with van der Waals surface area (Å²) in [4.78, 5) is 0. The van der Waals surface area contributed by atoms with Crippen LogP contribution < -0.4 is 5.73 Å². The highest BCUT2D eigenvalue weighted by Gasteiger charge is 2.36. The molecule has 2 aliphatic rings. The summed E-state index contributed by atoms with van der Waals surface area (Å²) in [6.07, 6.45) is 8.65. The Labute approximate surface area is 108 Å². The van der Waals surface area contributed by atoms with E-state index in [-0.39, 0.29) is 0 Å². The predicted molar refractivity (Wildman–Crippen MR) is 74.7 cm³/mol. The lowest BCUT2D eigenvalue weighted by Gasteiger charge is -2.43. The summed E-state index contributed by atoms with van der Waals surface area (Å²) < 4.78 is 0. The van der Waals surface area contributed by atoms with E-state index in [0.29, 0.717) is 0 Å². The molecule has 0 spiro atoms. The van der Waals surface area contributed by atoms with E-state index in [1.54, 1.807) is 0 Å². The minimum Gasteiger partial charge on any atom is -0.330 e. The Kier molecular flexibility index (Phi) is 4.52. The van der Waals surface area contributed by atoms with E-state index >= 15 is 0 Å². The molecule has 0 aromatic heterocycles. The van der Waals surface area contributed by atoms with Gasteiger partial charge in [0.15, 0.2) is 0 Å². The Bertz CT molecular complexity index is 238. The molecular formula is C16H31N. The van der Waals surface area contributed by atoms with Gasteiger partial charge in [0, 0.05) is 0 Å². The van der Waals surface area contributed by atoms with Crippen LogP contribution in [0.2, 0.25) is 0 Å². The van der Waals surface area contributed by atoms with Gasteiger partial charge in [-0.1, -0.05) is 33.6 Å². The van der Waals surface area contributed by atoms with Crippen molar-refractivity contribution in [3.05, 3.63) is 0 Å². The second kappa shape index (κ2) is 5.73. The average Bonchev–Trinajstić information content (AvgIpc) is 2.32. The van der Waals surface area contributed by atoms with Crippen LogP contribution in [-0.2, 0) is 0 Å². The van der Waals surface area contributed by atoms with Gasteiger partial charge in [-0.3, -0.25) is 0 Å². The Morgan fingerprint density at radius 3 is 2.29 bits per heavy atom. The first-order chi connectivity index (χ1) is 8.11. The zero-order chi connectivity index (χ0) is 12.4. The largest absolute Gasteiger partial charge is 0.330 e. The van der Waals surface area contributed by atoms with Crippen LogP contribution in [0.4, 0.5) is 0 Å². The highest BCUT2D eigenvalue weighted by molar-refractivity contribution is 4.87. The molecule has 0 aromatic carbocycles. The SMILES string of the molecule is CC1CCC(CN)C(C2CCC(C)C(C)C2)C1. The van der Waals surface area contributed by atoms with Gasteiger partial charge in [-0.2, -0.15) is 0 Å². The van der Waals surface area contributed by atoms with Gasteiger partial charge in [-0.05, 0) is 67.7 Å². The van der Waals surface area contributed by atoms with Crippen LogP contribution in [0.3, 0.4) is 0 Å². The summed E-state index contributed by atoms with van der Waals surface area (Å²) in [6.45, 7) is 8.26. The van der Waals surface area contributed by atoms with Gasteiger partial charge in [0.1, 0.15) is 0 Å². The van der Waals surface area contributed by atoms with Crippen LogP contribution in [0.5, 0.6) is 0 Å². The van der Waals surface area contributed by atoms with Crippen LogP contribution >= 0.6 is 0 Å². The molecule has 6 atom stereocenters. The highest BCUT2D eigenvalue weighted by atomic mass is 14.6. The molecule has 2 rings (SSSR count). The highest BCUT2D eigenvalue weighted by Crippen LogP contribution is 2.45. The summed E-state index contributed by atoms with van der Waals surface area (Å²) >= 11 is 0. The average molecular weight is 237 g/mol. The van der Waals surface area contributed by atoms with Crippen LogP contribution in [0.15, 0.2) is 0 Å². The fourth-order valence-corrected chi connectivity index (χ4v) is 4.34. The first kappa shape index (κ1) is 13.4. The zero-order valence-corrected chi connectivity index (χ0v) is 12.0. The van der Waals surface area contributed by atoms with Crippen LogP contribution in [-0.4, -0.2) is 6.54 Å². The second-order valence-electron chi connectivity index (χ2n) is 7.11. The lowest BCUT2D eigenvalue weighted by atomic mass is 9.62. The van der Waals surface area contributed by atoms with Gasteiger partial charge in [0.05, 0.1) is 0 Å². The number of nitrogens with two attached hydrogens (primary N) is 1. The minimum atomic E-state index is 0.830. The van der Waals surface area contributed by atoms with Crippen molar-refractivity contribution in [2.45, 2.75) is 59.3 Å². The molecule has 100 valence electrons. The van der Waals surface area contributed by atoms with Crippen molar-refractivity contribution >= 4 is 0 Å². The fraction of sp³-hybridized carbons (Fsp3) is 1.00. The van der Waals surface area contributed by atoms with Gasteiger partial charge in [0.25, 0.3) is 0 Å². The van der Waals surface area contributed by atoms with Gasteiger partial charge in [0.2, 0.25) is 0 Å². The first-order valence-electron chi connectivity index (χ1n) is 7.81. The molecule has 17 heavy (non-hydrogen) atoms. The molecule has 0 heterocycles. The van der Waals surface area contributed by atoms with Gasteiger partial charge in [-0.15, -0.1) is 0 Å². The zero-order valence-electron chi connectivity index (χ0n) is 12.0. The minimum absolute atomic E-state index is 0.830. The third-order valence-corrected chi connectivity index (χ3v) is 5.86. The summed E-state index contributed by atoms with van der Waals surface area (Å²) in [6, 6.07) is 0. The molecule has 6 unspecified atom stereocenters. The maximum absolute atomic E-state index is 6.01. The Morgan fingerprint density at radius 1 is 0.882 bits per heavy atom. The molecule has 2 aliphatic carbocycles. The molecule has 1 heteroatoms. The van der Waals surface area contributed by atoms with E-state index < -0.39 is 0 Å². The van der Waals surface area contributed by atoms with E-state index in [1.165, 1.54) is 38.5 Å². The second-order valence-corrected chi connectivity index (χ2v) is 7.11. The summed E-state index contributed by atoms with van der Waals surface area (Å²) in [5, 5.41) is 0. The van der Waals surface area contributed by atoms with E-state index in [0.717, 1.165) is 42.1 Å². The third-order valence-electron chi connectivity index (χ3n) is 5.86. The number of rotatable bonds is 2. The maximum atomic E-state index is 6.01. The summed E-state index contributed by atoms with van der Waals surface area (Å²) in [5.74, 6) is 5.58. The van der Waals surface area contributed by atoms with Crippen molar-refractivity contribution in [3.8, 4) is 0 Å². The summed E-state index contributed by atoms with van der Waals surface area (Å²) in [5.41, 5.74) is 6.01. The molecule has 0 aliphatic heterocycles. The van der Waals surface area contributed by atoms with Crippen molar-refractivity contribution < 1.29 is 0 Å². The van der Waals surface area contributed by atoms with E-state index in [9.17, 15) is 0 Å². The monoisotopic (exact) mass is 237 g/mol. The predicted octanol–water partition coefficient (Wildman–Crippen LogP) is 4.07. The molecule has 2 fully saturated rings. The molecule has 0 radical (unpaired) electrons. The lowest BCUT2D eigenvalue weighted by Crippen LogP contribution is -2.37. The lowest BCUT2D eigenvalue weighted by molar-refractivity contribution is 0.0741. The van der Waals surface area contributed by atoms with Gasteiger partial charge >= 0.3 is 0 Å². The van der Waals surface area contributed by atoms with Crippen LogP contribution in [0.1, 0.15) is 59.3 Å². The fourth-order valence-electron chi connectivity index (χ4n) is 4.34. The molecular weight excluding hydrogens is 206 g/mol. The van der Waals surface area contributed by atoms with Crippen molar-refractivity contribution in [1.29, 1.82) is 0 Å². The Hall–Kier alpha value is -0.0400.